The summed E-state index contributed by atoms with van der Waals surface area (Å²) in [6.45, 7) is 3.52. The molecule has 0 saturated heterocycles. The fraction of sp³-hybridized carbons (Fsp3) is 0.833. The average molecular weight is 298 g/mol. The minimum absolute atomic E-state index is 0.0851. The van der Waals surface area contributed by atoms with Gasteiger partial charge < -0.3 is 15.3 Å². The first-order valence-electron chi connectivity index (χ1n) is 6.47. The van der Waals surface area contributed by atoms with E-state index in [1.54, 1.807) is 20.8 Å². The first kappa shape index (κ1) is 18.5. The fourth-order valence-corrected chi connectivity index (χ4v) is 1.65. The molecule has 0 aliphatic heterocycles. The number of halogens is 3. The Hall–Kier alpha value is -1.47. The topological polar surface area (TPSA) is 69.6 Å². The van der Waals surface area contributed by atoms with E-state index in [1.165, 1.54) is 0 Å². The molecule has 0 fully saturated rings. The SMILES string of the molecule is CCCN(CC(F)(F)F)C(=O)N[C@H](C(=O)O)[C@@H](C)CC. The Bertz CT molecular complexity index is 334. The lowest BCUT2D eigenvalue weighted by atomic mass is 9.99. The third-order valence-corrected chi connectivity index (χ3v) is 2.91. The zero-order chi connectivity index (χ0) is 15.9. The highest BCUT2D eigenvalue weighted by atomic mass is 19.4. The van der Waals surface area contributed by atoms with Crippen LogP contribution in [-0.4, -0.2) is 47.3 Å². The zero-order valence-electron chi connectivity index (χ0n) is 11.8. The van der Waals surface area contributed by atoms with Gasteiger partial charge in [-0.1, -0.05) is 27.2 Å². The molecule has 20 heavy (non-hydrogen) atoms. The highest BCUT2D eigenvalue weighted by Crippen LogP contribution is 2.17. The van der Waals surface area contributed by atoms with Crippen molar-refractivity contribution in [2.45, 2.75) is 45.8 Å². The number of urea groups is 1. The standard InChI is InChI=1S/C12H21F3N2O3/c1-4-6-17(7-12(13,14)15)11(20)16-9(10(18)19)8(3)5-2/h8-9H,4-7H2,1-3H3,(H,16,20)(H,18,19)/t8-,9-/m0/s1. The quantitative estimate of drug-likeness (QED) is 0.758. The lowest BCUT2D eigenvalue weighted by Crippen LogP contribution is -2.52. The summed E-state index contributed by atoms with van der Waals surface area (Å²) in [5.41, 5.74) is 0. The Labute approximate surface area is 116 Å². The molecule has 2 atom stereocenters. The van der Waals surface area contributed by atoms with Crippen molar-refractivity contribution in [2.24, 2.45) is 5.92 Å². The molecular weight excluding hydrogens is 277 g/mol. The molecule has 0 aromatic carbocycles. The lowest BCUT2D eigenvalue weighted by molar-refractivity contribution is -0.141. The van der Waals surface area contributed by atoms with Crippen LogP contribution in [0.4, 0.5) is 18.0 Å². The Morgan fingerprint density at radius 3 is 2.20 bits per heavy atom. The second kappa shape index (κ2) is 7.96. The van der Waals surface area contributed by atoms with Gasteiger partial charge in [-0.05, 0) is 12.3 Å². The van der Waals surface area contributed by atoms with Gasteiger partial charge in [0, 0.05) is 6.54 Å². The molecule has 0 radical (unpaired) electrons. The van der Waals surface area contributed by atoms with Crippen LogP contribution in [0, 0.1) is 5.92 Å². The summed E-state index contributed by atoms with van der Waals surface area (Å²) in [7, 11) is 0. The summed E-state index contributed by atoms with van der Waals surface area (Å²) in [6, 6.07) is -2.20. The monoisotopic (exact) mass is 298 g/mol. The van der Waals surface area contributed by atoms with Gasteiger partial charge in [-0.3, -0.25) is 0 Å². The van der Waals surface area contributed by atoms with E-state index in [9.17, 15) is 22.8 Å². The van der Waals surface area contributed by atoms with Gasteiger partial charge in [0.05, 0.1) is 0 Å². The molecule has 2 N–H and O–H groups in total. The zero-order valence-corrected chi connectivity index (χ0v) is 11.8. The van der Waals surface area contributed by atoms with E-state index in [4.69, 9.17) is 5.11 Å². The van der Waals surface area contributed by atoms with Crippen molar-refractivity contribution >= 4 is 12.0 Å². The van der Waals surface area contributed by atoms with Gasteiger partial charge in [0.1, 0.15) is 12.6 Å². The smallest absolute Gasteiger partial charge is 0.406 e. The number of alkyl halides is 3. The van der Waals surface area contributed by atoms with Crippen molar-refractivity contribution in [2.75, 3.05) is 13.1 Å². The minimum atomic E-state index is -4.51. The van der Waals surface area contributed by atoms with Crippen molar-refractivity contribution < 1.29 is 27.9 Å². The van der Waals surface area contributed by atoms with Crippen LogP contribution in [0.3, 0.4) is 0 Å². The number of rotatable bonds is 7. The number of carbonyl (C=O) groups excluding carboxylic acids is 1. The molecule has 118 valence electrons. The second-order valence-corrected chi connectivity index (χ2v) is 4.69. The van der Waals surface area contributed by atoms with E-state index in [1.807, 2.05) is 0 Å². The van der Waals surface area contributed by atoms with Crippen LogP contribution < -0.4 is 5.32 Å². The molecule has 8 heteroatoms. The Kier molecular flexibility index (Phi) is 7.38. The summed E-state index contributed by atoms with van der Waals surface area (Å²) in [5.74, 6) is -1.62. The average Bonchev–Trinajstić information content (AvgIpc) is 2.32. The normalized spacial score (nSPS) is 14.5. The number of aliphatic carboxylic acids is 1. The molecule has 0 bridgehead atoms. The van der Waals surface area contributed by atoms with Gasteiger partial charge in [0.2, 0.25) is 0 Å². The number of nitrogens with one attached hydrogen (secondary N) is 1. The molecule has 0 unspecified atom stereocenters. The lowest BCUT2D eigenvalue weighted by Gasteiger charge is -2.27. The number of hydrogen-bond acceptors (Lipinski definition) is 2. The van der Waals surface area contributed by atoms with E-state index in [-0.39, 0.29) is 12.5 Å². The van der Waals surface area contributed by atoms with Gasteiger partial charge in [-0.25, -0.2) is 9.59 Å². The van der Waals surface area contributed by atoms with E-state index >= 15 is 0 Å². The maximum absolute atomic E-state index is 12.4. The molecule has 2 amide bonds. The summed E-state index contributed by atoms with van der Waals surface area (Å²) >= 11 is 0. The van der Waals surface area contributed by atoms with E-state index in [0.717, 1.165) is 0 Å². The predicted molar refractivity (Wildman–Crippen MR) is 67.3 cm³/mol. The van der Waals surface area contributed by atoms with Crippen LogP contribution in [0.25, 0.3) is 0 Å². The molecular formula is C12H21F3N2O3. The van der Waals surface area contributed by atoms with Crippen LogP contribution in [0.5, 0.6) is 0 Å². The molecule has 0 aliphatic rings. The van der Waals surface area contributed by atoms with Gasteiger partial charge in [-0.15, -0.1) is 0 Å². The first-order chi connectivity index (χ1) is 9.12. The Balaban J connectivity index is 4.84. The van der Waals surface area contributed by atoms with E-state index in [0.29, 0.717) is 17.7 Å². The molecule has 0 aromatic heterocycles. The predicted octanol–water partition coefficient (Wildman–Crippen LogP) is 2.47. The number of carboxylic acids is 1. The molecule has 0 aromatic rings. The maximum Gasteiger partial charge on any atom is 0.406 e. The number of nitrogens with zero attached hydrogens (tertiary/aromatic N) is 1. The van der Waals surface area contributed by atoms with Gasteiger partial charge in [0.25, 0.3) is 0 Å². The Morgan fingerprint density at radius 2 is 1.85 bits per heavy atom. The molecule has 0 aliphatic carbocycles. The number of amides is 2. The maximum atomic E-state index is 12.4. The number of carboxylic acid groups (broad SMARTS) is 1. The molecule has 0 spiro atoms. The third kappa shape index (κ3) is 6.63. The Morgan fingerprint density at radius 1 is 1.30 bits per heavy atom. The number of hydrogen-bond donors (Lipinski definition) is 2. The molecule has 0 heterocycles. The summed E-state index contributed by atoms with van der Waals surface area (Å²) in [4.78, 5) is 23.4. The third-order valence-electron chi connectivity index (χ3n) is 2.91. The first-order valence-corrected chi connectivity index (χ1v) is 6.47. The highest BCUT2D eigenvalue weighted by molar-refractivity contribution is 5.82. The highest BCUT2D eigenvalue weighted by Gasteiger charge is 2.34. The van der Waals surface area contributed by atoms with Crippen LogP contribution in [-0.2, 0) is 4.79 Å². The fourth-order valence-electron chi connectivity index (χ4n) is 1.65. The minimum Gasteiger partial charge on any atom is -0.480 e. The number of carbonyl (C=O) groups is 2. The summed E-state index contributed by atoms with van der Waals surface area (Å²) < 4.78 is 37.1. The van der Waals surface area contributed by atoms with E-state index < -0.39 is 30.8 Å². The van der Waals surface area contributed by atoms with Crippen molar-refractivity contribution in [1.82, 2.24) is 10.2 Å². The largest absolute Gasteiger partial charge is 0.480 e. The van der Waals surface area contributed by atoms with Crippen molar-refractivity contribution in [1.29, 1.82) is 0 Å². The van der Waals surface area contributed by atoms with Gasteiger partial charge >= 0.3 is 18.2 Å². The molecule has 0 rings (SSSR count). The van der Waals surface area contributed by atoms with Gasteiger partial charge in [0.15, 0.2) is 0 Å². The second-order valence-electron chi connectivity index (χ2n) is 4.69. The molecule has 5 nitrogen and oxygen atoms in total. The van der Waals surface area contributed by atoms with E-state index in [2.05, 4.69) is 5.32 Å². The van der Waals surface area contributed by atoms with Crippen LogP contribution >= 0.6 is 0 Å². The van der Waals surface area contributed by atoms with Crippen LogP contribution in [0.2, 0.25) is 0 Å². The van der Waals surface area contributed by atoms with Crippen LogP contribution in [0.15, 0.2) is 0 Å². The van der Waals surface area contributed by atoms with Crippen molar-refractivity contribution in [3.8, 4) is 0 Å². The van der Waals surface area contributed by atoms with Gasteiger partial charge in [-0.2, -0.15) is 13.2 Å². The summed E-state index contributed by atoms with van der Waals surface area (Å²) in [6.07, 6.45) is -3.67. The van der Waals surface area contributed by atoms with Crippen molar-refractivity contribution in [3.05, 3.63) is 0 Å². The van der Waals surface area contributed by atoms with Crippen molar-refractivity contribution in [3.63, 3.8) is 0 Å². The molecule has 0 saturated carbocycles. The van der Waals surface area contributed by atoms with Crippen LogP contribution in [0.1, 0.15) is 33.6 Å². The summed E-state index contributed by atoms with van der Waals surface area (Å²) in [5, 5.41) is 11.2.